The van der Waals surface area contributed by atoms with E-state index in [-0.39, 0.29) is 37.2 Å². The molecule has 0 unspecified atom stereocenters. The van der Waals surface area contributed by atoms with Gasteiger partial charge in [0.25, 0.3) is 11.7 Å². The van der Waals surface area contributed by atoms with Gasteiger partial charge in [-0.15, -0.1) is 0 Å². The minimum atomic E-state index is -2.37. The molecule has 11 nitrogen and oxygen atoms in total. The van der Waals surface area contributed by atoms with Crippen LogP contribution in [0.5, 0.6) is 0 Å². The number of nitrogens with zero attached hydrogens (tertiary/aromatic N) is 1. The highest BCUT2D eigenvalue weighted by molar-refractivity contribution is 6.39. The van der Waals surface area contributed by atoms with Crippen molar-refractivity contribution in [2.45, 2.75) is 161 Å². The Morgan fingerprint density at radius 3 is 2.34 bits per heavy atom. The summed E-state index contributed by atoms with van der Waals surface area (Å²) in [5, 5.41) is 31.1. The van der Waals surface area contributed by atoms with Crippen molar-refractivity contribution in [2.24, 2.45) is 29.6 Å². The normalized spacial score (nSPS) is 28.8. The summed E-state index contributed by atoms with van der Waals surface area (Å²) in [5.41, 5.74) is 2.29. The maximum atomic E-state index is 14.0. The van der Waals surface area contributed by atoms with E-state index in [1.807, 2.05) is 38.2 Å². The van der Waals surface area contributed by atoms with Crippen LogP contribution >= 0.6 is 0 Å². The zero-order valence-electron chi connectivity index (χ0n) is 36.3. The number of allylic oxidation sites excluding steroid dienone is 6. The molecule has 2 saturated heterocycles. The number of amides is 1. The molecular weight excluding hydrogens is 739 g/mol. The number of Topliss-reactive ketones (excluding diaryl/α,β-unsaturated/α-hetero) is 1. The predicted octanol–water partition coefficient (Wildman–Crippen LogP) is 7.14. The Morgan fingerprint density at radius 1 is 0.983 bits per heavy atom. The van der Waals surface area contributed by atoms with Crippen LogP contribution in [0, 0.1) is 29.6 Å². The van der Waals surface area contributed by atoms with Gasteiger partial charge >= 0.3 is 5.97 Å². The molecule has 0 radical (unpaired) electrons. The number of likely N-dealkylation sites (tertiary alicyclic amines) is 1. The minimum absolute atomic E-state index is 0.00237. The fraction of sp³-hybridized carbons (Fsp3) is 0.702. The van der Waals surface area contributed by atoms with Crippen LogP contribution in [0.3, 0.4) is 0 Å². The van der Waals surface area contributed by atoms with E-state index >= 15 is 0 Å². The third-order valence-corrected chi connectivity index (χ3v) is 12.7. The van der Waals surface area contributed by atoms with Crippen LogP contribution < -0.4 is 0 Å². The Hall–Kier alpha value is -3.22. The van der Waals surface area contributed by atoms with Gasteiger partial charge in [-0.05, 0) is 125 Å². The number of ether oxygens (including phenoxy) is 3. The zero-order chi connectivity index (χ0) is 43.0. The van der Waals surface area contributed by atoms with Gasteiger partial charge in [0, 0.05) is 32.4 Å². The number of piperidine rings is 1. The Balaban J connectivity index is 1.68. The molecule has 11 heteroatoms. The number of methoxy groups -OCH3 is 1. The Labute approximate surface area is 347 Å². The second kappa shape index (κ2) is 24.1. The van der Waals surface area contributed by atoms with Crippen molar-refractivity contribution in [3.8, 4) is 0 Å². The van der Waals surface area contributed by atoms with Crippen molar-refractivity contribution in [1.29, 1.82) is 0 Å². The summed E-state index contributed by atoms with van der Waals surface area (Å²) < 4.78 is 18.1. The molecule has 1 amide bonds. The second-order valence-corrected chi connectivity index (χ2v) is 17.5. The van der Waals surface area contributed by atoms with Gasteiger partial charge in [-0.3, -0.25) is 14.4 Å². The highest BCUT2D eigenvalue weighted by Gasteiger charge is 2.53. The molecule has 1 saturated carbocycles. The van der Waals surface area contributed by atoms with Gasteiger partial charge in [-0.25, -0.2) is 4.79 Å². The van der Waals surface area contributed by atoms with Gasteiger partial charge in [0.1, 0.15) is 18.4 Å². The monoisotopic (exact) mass is 812 g/mol. The zero-order valence-corrected chi connectivity index (χ0v) is 36.3. The summed E-state index contributed by atoms with van der Waals surface area (Å²) in [7, 11) is 1.60. The highest BCUT2D eigenvalue weighted by Crippen LogP contribution is 2.37. The van der Waals surface area contributed by atoms with Crippen molar-refractivity contribution in [1.82, 2.24) is 4.90 Å². The summed E-state index contributed by atoms with van der Waals surface area (Å²) in [5.74, 6) is -4.78. The van der Waals surface area contributed by atoms with E-state index in [0.29, 0.717) is 62.4 Å². The number of rotatable bonds is 21. The number of aldehydes is 1. The number of hydrogen-bond acceptors (Lipinski definition) is 10. The van der Waals surface area contributed by atoms with E-state index < -0.39 is 47.6 Å². The molecule has 58 heavy (non-hydrogen) atoms. The molecule has 3 aliphatic rings. The molecule has 2 heterocycles. The van der Waals surface area contributed by atoms with Crippen LogP contribution in [0.15, 0.2) is 59.8 Å². The minimum Gasteiger partial charge on any atom is -0.460 e. The highest BCUT2D eigenvalue weighted by atomic mass is 16.6. The van der Waals surface area contributed by atoms with Gasteiger partial charge in [0.15, 0.2) is 0 Å². The Bertz CT molecular complexity index is 1490. The van der Waals surface area contributed by atoms with E-state index in [9.17, 15) is 34.5 Å². The van der Waals surface area contributed by atoms with Crippen LogP contribution in [0.25, 0.3) is 0 Å². The Morgan fingerprint density at radius 2 is 1.69 bits per heavy atom. The number of hydrogen-bond donors (Lipinski definition) is 3. The molecule has 3 fully saturated rings. The van der Waals surface area contributed by atoms with Gasteiger partial charge in [0.2, 0.25) is 5.79 Å². The number of aliphatic hydroxyl groups is 3. The number of aliphatic hydroxyl groups excluding tert-OH is 2. The summed E-state index contributed by atoms with van der Waals surface area (Å²) in [4.78, 5) is 54.6. The molecule has 0 spiro atoms. The van der Waals surface area contributed by atoms with Crippen LogP contribution in [0.2, 0.25) is 0 Å². The number of esters is 1. The molecule has 0 aromatic carbocycles. The first-order valence-electron chi connectivity index (χ1n) is 21.6. The topological polar surface area (TPSA) is 160 Å². The number of carbonyl (C=O) groups excluding carboxylic acids is 4. The first-order chi connectivity index (χ1) is 27.5. The smallest absolute Gasteiger partial charge is 0.329 e. The van der Waals surface area contributed by atoms with Crippen molar-refractivity contribution in [2.75, 3.05) is 20.3 Å². The molecule has 9 atom stereocenters. The molecular formula is C47H73NO10. The maximum absolute atomic E-state index is 14.0. The van der Waals surface area contributed by atoms with Gasteiger partial charge in [-0.2, -0.15) is 0 Å². The first kappa shape index (κ1) is 49.1. The summed E-state index contributed by atoms with van der Waals surface area (Å²) >= 11 is 0. The van der Waals surface area contributed by atoms with Crippen molar-refractivity contribution < 1.29 is 48.7 Å². The molecule has 0 aromatic rings. The molecule has 1 aliphatic carbocycles. The molecule has 3 rings (SSSR count). The van der Waals surface area contributed by atoms with E-state index in [0.717, 1.165) is 56.0 Å². The third kappa shape index (κ3) is 14.5. The quantitative estimate of drug-likeness (QED) is 0.0272. The van der Waals surface area contributed by atoms with Crippen LogP contribution in [-0.4, -0.2) is 101 Å². The molecule has 326 valence electrons. The lowest BCUT2D eigenvalue weighted by Gasteiger charge is -2.42. The van der Waals surface area contributed by atoms with Gasteiger partial charge < -0.3 is 34.4 Å². The lowest BCUT2D eigenvalue weighted by atomic mass is 9.80. The standard InChI is InChI=1S/C47H73NO10/c1-31(26-34(4)36(6)30-50)14-10-9-11-15-33(3)43(56-8)28-40-23-18-37(7)47(55,58-40)44(52)45(53)48-25-13-12-16-41(48)46(54)57-42(24-17-32(2)29-49)35(5)27-38-19-21-39(51)22-20-38/h9-11,14-15,17,29,31,34-35,37-43,50-51,55H,6,12-13,16,18-28,30H2,1-5,7-8H3/b11-9+,14-10+,32-17+,33-15+/t31-,34-,35-,37-,38-,39-,40+,41+,42+,43+,47-/m1/s1. The lowest BCUT2D eigenvalue weighted by Crippen LogP contribution is -2.61. The van der Waals surface area contributed by atoms with Crippen LogP contribution in [0.1, 0.15) is 125 Å². The number of ketones is 1. The Kier molecular flexibility index (Phi) is 20.5. The van der Waals surface area contributed by atoms with Crippen molar-refractivity contribution in [3.05, 3.63) is 59.8 Å². The maximum Gasteiger partial charge on any atom is 0.329 e. The number of carbonyl (C=O) groups is 4. The summed E-state index contributed by atoms with van der Waals surface area (Å²) in [6, 6.07) is -0.995. The van der Waals surface area contributed by atoms with Gasteiger partial charge in [0.05, 0.1) is 24.9 Å². The second-order valence-electron chi connectivity index (χ2n) is 17.5. The molecule has 3 N–H and O–H groups in total. The van der Waals surface area contributed by atoms with Gasteiger partial charge in [-0.1, -0.05) is 70.7 Å². The average molecular weight is 812 g/mol. The van der Waals surface area contributed by atoms with Crippen molar-refractivity contribution >= 4 is 23.9 Å². The predicted molar refractivity (Wildman–Crippen MR) is 225 cm³/mol. The van der Waals surface area contributed by atoms with E-state index in [1.165, 1.54) is 4.90 Å². The fourth-order valence-corrected chi connectivity index (χ4v) is 8.54. The molecule has 0 aromatic heterocycles. The van der Waals surface area contributed by atoms with Crippen molar-refractivity contribution in [3.63, 3.8) is 0 Å². The largest absolute Gasteiger partial charge is 0.460 e. The van der Waals surface area contributed by atoms with Crippen LogP contribution in [0.4, 0.5) is 0 Å². The summed E-state index contributed by atoms with van der Waals surface area (Å²) in [6.45, 7) is 15.6. The average Bonchev–Trinajstić information content (AvgIpc) is 3.21. The summed E-state index contributed by atoms with van der Waals surface area (Å²) in [6.07, 6.45) is 19.0. The lowest BCUT2D eigenvalue weighted by molar-refractivity contribution is -0.265. The van der Waals surface area contributed by atoms with E-state index in [1.54, 1.807) is 27.0 Å². The molecule has 2 aliphatic heterocycles. The third-order valence-electron chi connectivity index (χ3n) is 12.7. The van der Waals surface area contributed by atoms with Crippen LogP contribution in [-0.2, 0) is 33.4 Å². The van der Waals surface area contributed by atoms with E-state index in [2.05, 4.69) is 26.5 Å². The molecule has 0 bridgehead atoms. The SMILES string of the molecule is C=C(CO)[C@H](C)C[C@H](C)/C=C/C=C/C=C(\C)[C@H](C[C@@H]1CC[C@@H](C)[C@](O)(C(=O)C(=O)N2CCCC[C@H]2C(=O)O[C@@H](C/C=C(\C)C=O)[C@H](C)C[C@H]2CC[C@H](O)CC2)O1)OC. The fourth-order valence-electron chi connectivity index (χ4n) is 8.54. The first-order valence-corrected chi connectivity index (χ1v) is 21.6. The van der Waals surface area contributed by atoms with E-state index in [4.69, 9.17) is 14.2 Å².